The van der Waals surface area contributed by atoms with E-state index in [9.17, 15) is 0 Å². The Kier molecular flexibility index (Phi) is 31.8. The Morgan fingerprint density at radius 2 is 0.365 bits per heavy atom. The van der Waals surface area contributed by atoms with Crippen LogP contribution in [0.2, 0.25) is 0 Å². The van der Waals surface area contributed by atoms with E-state index < -0.39 is 0 Å². The van der Waals surface area contributed by atoms with Crippen LogP contribution in [0.5, 0.6) is 0 Å². The third kappa shape index (κ3) is 26.9. The summed E-state index contributed by atoms with van der Waals surface area (Å²) < 4.78 is 4.15. The van der Waals surface area contributed by atoms with Crippen molar-refractivity contribution >= 4 is 0 Å². The van der Waals surface area contributed by atoms with Gasteiger partial charge >= 0.3 is 0 Å². The second kappa shape index (κ2) is 40.5. The number of aryl methyl sites for hydroxylation is 6. The smallest absolute Gasteiger partial charge is 0.0780 e. The molecule has 0 fully saturated rings. The van der Waals surface area contributed by atoms with Crippen molar-refractivity contribution in [1.29, 1.82) is 0 Å². The molecule has 550 valence electrons. The van der Waals surface area contributed by atoms with Crippen molar-refractivity contribution in [2.75, 3.05) is 111 Å². The van der Waals surface area contributed by atoms with Gasteiger partial charge in [0.05, 0.1) is 111 Å². The van der Waals surface area contributed by atoms with Crippen LogP contribution in [0.3, 0.4) is 0 Å². The van der Waals surface area contributed by atoms with E-state index in [1.165, 1.54) is 251 Å². The van der Waals surface area contributed by atoms with E-state index in [4.69, 9.17) is 0 Å². The molecule has 0 bridgehead atoms. The van der Waals surface area contributed by atoms with Gasteiger partial charge in [-0.2, -0.15) is 0 Å². The maximum absolute atomic E-state index is 2.44. The number of quaternary nitrogens is 4. The molecule has 0 spiro atoms. The molecule has 10 aromatic carbocycles. The third-order valence-electron chi connectivity index (χ3n) is 20.5. The number of rotatable bonds is 36. The lowest BCUT2D eigenvalue weighted by molar-refractivity contribution is -0.870. The van der Waals surface area contributed by atoms with Crippen LogP contribution in [0, 0.1) is 13.8 Å². The average Bonchev–Trinajstić information content (AvgIpc) is 0.754. The van der Waals surface area contributed by atoms with Gasteiger partial charge in [-0.3, -0.25) is 0 Å². The molecule has 0 unspecified atom stereocenters. The van der Waals surface area contributed by atoms with Crippen molar-refractivity contribution in [2.45, 2.75) is 156 Å². The predicted molar refractivity (Wildman–Crippen MR) is 457 cm³/mol. The lowest BCUT2D eigenvalue weighted by Crippen LogP contribution is -2.35. The van der Waals surface area contributed by atoms with Crippen molar-refractivity contribution < 1.29 is 17.9 Å². The quantitative estimate of drug-likeness (QED) is 0.0271. The molecule has 104 heavy (non-hydrogen) atoms. The lowest BCUT2D eigenvalue weighted by atomic mass is 9.80. The van der Waals surface area contributed by atoms with Gasteiger partial charge in [-0.25, -0.2) is 0 Å². The molecule has 0 radical (unpaired) electrons. The van der Waals surface area contributed by atoms with Gasteiger partial charge in [0, 0.05) is 0 Å². The first kappa shape index (κ1) is 81.7. The Balaban J connectivity index is 0.00000127. The molecule has 0 saturated carbocycles. The summed E-state index contributed by atoms with van der Waals surface area (Å²) in [6, 6.07) is 88.7. The minimum Gasteiger partial charge on any atom is -0.331 e. The largest absolute Gasteiger partial charge is 0.331 e. The zero-order valence-corrected chi connectivity index (χ0v) is 67.7. The van der Waals surface area contributed by atoms with Gasteiger partial charge in [0.15, 0.2) is 0 Å². The van der Waals surface area contributed by atoms with Crippen molar-refractivity contribution in [2.24, 2.45) is 0 Å². The minimum atomic E-state index is 1.04. The topological polar surface area (TPSA) is 0 Å². The summed E-state index contributed by atoms with van der Waals surface area (Å²) in [5.74, 6) is 0. The molecule has 0 aliphatic rings. The molecule has 4 nitrogen and oxygen atoms in total. The summed E-state index contributed by atoms with van der Waals surface area (Å²) in [4.78, 5) is 0. The summed E-state index contributed by atoms with van der Waals surface area (Å²) in [6.07, 6.45) is 24.8. The van der Waals surface area contributed by atoms with Gasteiger partial charge in [-0.05, 0) is 228 Å². The van der Waals surface area contributed by atoms with Gasteiger partial charge in [0.25, 0.3) is 0 Å². The molecule has 10 aromatic rings. The minimum absolute atomic E-state index is 1.04. The molecule has 0 saturated heterocycles. The highest BCUT2D eigenvalue weighted by Gasteiger charge is 2.24. The Morgan fingerprint density at radius 3 is 0.567 bits per heavy atom. The first-order valence-corrected chi connectivity index (χ1v) is 40.1. The number of hydrogen-bond acceptors (Lipinski definition) is 0. The predicted octanol–water partition coefficient (Wildman–Crippen LogP) is 25.6. The molecule has 10 rings (SSSR count). The fourth-order valence-electron chi connectivity index (χ4n) is 14.5. The Morgan fingerprint density at radius 1 is 0.183 bits per heavy atom. The highest BCUT2D eigenvalue weighted by molar-refractivity contribution is 6.04. The number of hydrogen-bond donors (Lipinski definition) is 0. The van der Waals surface area contributed by atoms with Crippen LogP contribution in [0.15, 0.2) is 231 Å². The maximum Gasteiger partial charge on any atom is 0.0780 e. The summed E-state index contributed by atoms with van der Waals surface area (Å²) >= 11 is 0. The van der Waals surface area contributed by atoms with E-state index in [0.29, 0.717) is 0 Å². The molecule has 0 aliphatic heterocycles. The van der Waals surface area contributed by atoms with Crippen LogP contribution in [0.25, 0.3) is 89.0 Å². The van der Waals surface area contributed by atoms with E-state index in [-0.39, 0.29) is 0 Å². The standard InChI is InChI=1S/C90H118N4.C8H10.C2H6/c1-91(2,3)67-31-17-13-23-35-71-43-51-75(52-44-71)83-63-65-85(77-55-47-73(48-56-77)37-25-15-19-33-69-93(7,8)9)89(87(83)79-39-27-21-28-40-79)81-59-61-82(62-60-81)90-86(78-57-49-74(50-58-78)38-26-16-20-34-70-94(10,11)12)66-64-84(88(90)80-41-29-22-30-42-80)76-53-45-72(46-54-76)36-24-14-18-32-68-92(4,5)6;1-7-3-5-8(2)6-4-7;1-2/h21-22,27-30,39-66H,13-20,23-26,31-38,67-70H2,1-12H3;3-6H,1-2H3;1-2H3/q+4;;. The van der Waals surface area contributed by atoms with Gasteiger partial charge in [0.2, 0.25) is 0 Å². The fraction of sp³-hybridized carbons (Fsp3) is 0.400. The van der Waals surface area contributed by atoms with Crippen LogP contribution in [-0.4, -0.2) is 129 Å². The molecule has 0 atom stereocenters. The first-order chi connectivity index (χ1) is 49.9. The summed E-state index contributed by atoms with van der Waals surface area (Å²) in [7, 11) is 27.6. The molecule has 0 aliphatic carbocycles. The second-order valence-corrected chi connectivity index (χ2v) is 33.8. The molecule has 0 N–H and O–H groups in total. The van der Waals surface area contributed by atoms with E-state index in [2.05, 4.69) is 329 Å². The van der Waals surface area contributed by atoms with Crippen molar-refractivity contribution in [1.82, 2.24) is 0 Å². The molecular formula is C100H134N4+4. The van der Waals surface area contributed by atoms with Crippen molar-refractivity contribution in [3.05, 3.63) is 264 Å². The molecular weight excluding hydrogens is 1260 g/mol. The maximum atomic E-state index is 2.44. The van der Waals surface area contributed by atoms with E-state index in [0.717, 1.165) is 43.6 Å². The van der Waals surface area contributed by atoms with Crippen molar-refractivity contribution in [3.8, 4) is 89.0 Å². The Hall–Kier alpha value is -7.96. The third-order valence-corrected chi connectivity index (χ3v) is 20.5. The summed E-state index contributed by atoms with van der Waals surface area (Å²) in [5.41, 5.74) is 28.3. The Labute approximate surface area is 633 Å². The SMILES string of the molecule is CC.C[N+](C)(C)CCCCCCc1ccc(-c2ccc(-c3ccc(CCCCCC[N+](C)(C)C)cc3)c(-c3ccc(-c4c(-c5ccc(CCCCCC[N+](C)(C)C)cc5)ccc(-c5ccc(CCCCCC[N+](C)(C)C)cc5)c4-c4ccccc4)cc3)c2-c2ccccc2)cc1.Cc1ccc(C)cc1. The van der Waals surface area contributed by atoms with E-state index in [1.54, 1.807) is 0 Å². The van der Waals surface area contributed by atoms with Crippen LogP contribution >= 0.6 is 0 Å². The second-order valence-electron chi connectivity index (χ2n) is 33.8. The number of benzene rings is 10. The summed E-state index contributed by atoms with van der Waals surface area (Å²) in [6.45, 7) is 13.1. The highest BCUT2D eigenvalue weighted by Crippen LogP contribution is 2.49. The monoisotopic (exact) mass is 1390 g/mol. The van der Waals surface area contributed by atoms with E-state index in [1.807, 2.05) is 13.8 Å². The van der Waals surface area contributed by atoms with Crippen LogP contribution in [-0.2, 0) is 25.7 Å². The average molecular weight is 1390 g/mol. The molecule has 0 aromatic heterocycles. The summed E-state index contributed by atoms with van der Waals surface area (Å²) in [5, 5.41) is 0. The molecule has 0 heterocycles. The number of unbranched alkanes of at least 4 members (excludes halogenated alkanes) is 12. The van der Waals surface area contributed by atoms with E-state index >= 15 is 0 Å². The van der Waals surface area contributed by atoms with Gasteiger partial charge in [-0.15, -0.1) is 0 Å². The van der Waals surface area contributed by atoms with Crippen LogP contribution < -0.4 is 0 Å². The fourth-order valence-corrected chi connectivity index (χ4v) is 14.5. The zero-order chi connectivity index (χ0) is 74.5. The van der Waals surface area contributed by atoms with Crippen LogP contribution in [0.4, 0.5) is 0 Å². The molecule has 4 heteroatoms. The van der Waals surface area contributed by atoms with Gasteiger partial charge in [0.1, 0.15) is 0 Å². The first-order valence-electron chi connectivity index (χ1n) is 40.1. The zero-order valence-electron chi connectivity index (χ0n) is 67.7. The lowest BCUT2D eigenvalue weighted by Gasteiger charge is -2.23. The van der Waals surface area contributed by atoms with Crippen molar-refractivity contribution in [3.63, 3.8) is 0 Å². The van der Waals surface area contributed by atoms with Gasteiger partial charge < -0.3 is 17.9 Å². The highest BCUT2D eigenvalue weighted by atomic mass is 15.3. The van der Waals surface area contributed by atoms with Crippen LogP contribution in [0.1, 0.15) is 150 Å². The Bertz CT molecular complexity index is 3810. The molecule has 0 amide bonds. The number of nitrogens with zero attached hydrogens (tertiary/aromatic N) is 4. The van der Waals surface area contributed by atoms with Gasteiger partial charge in [-0.1, -0.05) is 281 Å². The normalized spacial score (nSPS) is 11.8.